The lowest BCUT2D eigenvalue weighted by Crippen LogP contribution is -2.07. The fraction of sp³-hybridized carbons (Fsp3) is 0. The Morgan fingerprint density at radius 1 is 1.13 bits per heavy atom. The predicted molar refractivity (Wildman–Crippen MR) is 86.2 cm³/mol. The minimum atomic E-state index is -0.350. The molecule has 0 bridgehead atoms. The molecule has 0 N–H and O–H groups in total. The maximum absolute atomic E-state index is 11.5. The first kappa shape index (κ1) is 14.0. The van der Waals surface area contributed by atoms with Crippen molar-refractivity contribution in [2.75, 3.05) is 0 Å². The second-order valence-electron chi connectivity index (χ2n) is 2.42. The van der Waals surface area contributed by atoms with E-state index in [1.54, 1.807) is 24.3 Å². The summed E-state index contributed by atoms with van der Waals surface area (Å²) in [5.74, 6) is 0.143. The Hall–Kier alpha value is 0.910. The van der Waals surface area contributed by atoms with Crippen LogP contribution in [0.2, 0.25) is 5.02 Å². The van der Waals surface area contributed by atoms with Crippen molar-refractivity contribution in [3.8, 4) is 5.75 Å². The summed E-state index contributed by atoms with van der Waals surface area (Å²) < 4.78 is 6.57. The average molecular weight is 560 g/mol. The zero-order valence-corrected chi connectivity index (χ0v) is 14.4. The molecule has 80 valence electrons. The highest BCUT2D eigenvalue weighted by molar-refractivity contribution is 14.2. The Kier molecular flexibility index (Phi) is 6.15. The third-order valence-corrected chi connectivity index (χ3v) is 5.74. The van der Waals surface area contributed by atoms with Gasteiger partial charge < -0.3 is 4.74 Å². The van der Waals surface area contributed by atoms with Gasteiger partial charge in [-0.15, -0.1) is 0 Å². The second kappa shape index (κ2) is 6.60. The molecular weight excluding hydrogens is 556 g/mol. The monoisotopic (exact) mass is 560 g/mol. The maximum atomic E-state index is 11.5. The highest BCUT2D eigenvalue weighted by atomic mass is 127. The maximum Gasteiger partial charge on any atom is 0.351 e. The van der Waals surface area contributed by atoms with Gasteiger partial charge in [0.2, 0.25) is 0 Å². The lowest BCUT2D eigenvalue weighted by molar-refractivity contribution is -0.129. The average Bonchev–Trinajstić information content (AvgIpc) is 2.20. The molecule has 0 saturated carbocycles. The first-order valence-corrected chi connectivity index (χ1v) is 7.30. The van der Waals surface area contributed by atoms with E-state index in [-0.39, 0.29) is 5.97 Å². The van der Waals surface area contributed by atoms with Crippen molar-refractivity contribution in [2.45, 2.75) is 0 Å². The van der Waals surface area contributed by atoms with E-state index < -0.39 is 0 Å². The molecule has 0 spiro atoms. The molecule has 0 radical (unpaired) electrons. The molecule has 1 aromatic carbocycles. The van der Waals surface area contributed by atoms with Gasteiger partial charge in [-0.25, -0.2) is 4.79 Å². The van der Waals surface area contributed by atoms with Gasteiger partial charge in [0.15, 0.2) is 0 Å². The van der Waals surface area contributed by atoms with Crippen molar-refractivity contribution in [2.24, 2.45) is 0 Å². The van der Waals surface area contributed by atoms with Crippen LogP contribution in [0, 0.1) is 0 Å². The Labute approximate surface area is 133 Å². The zero-order valence-electron chi connectivity index (χ0n) is 7.14. The highest BCUT2D eigenvalue weighted by Crippen LogP contribution is 2.27. The number of carbonyl (C=O) groups excluding carboxylic acids is 1. The zero-order chi connectivity index (χ0) is 11.4. The normalized spacial score (nSPS) is 9.60. The van der Waals surface area contributed by atoms with Gasteiger partial charge in [-0.1, -0.05) is 11.6 Å². The van der Waals surface area contributed by atoms with E-state index in [2.05, 4.69) is 45.2 Å². The van der Waals surface area contributed by atoms with Crippen molar-refractivity contribution in [3.05, 3.63) is 34.5 Å². The van der Waals surface area contributed by atoms with Crippen LogP contribution in [0.3, 0.4) is 0 Å². The number of hydrogen-bond donors (Lipinski definition) is 0. The smallest absolute Gasteiger partial charge is 0.351 e. The standard InChI is InChI=1S/C9H4ClI3O2/c10-5-1-3-6(4-2-5)15-9(14)7(11)8(12)13/h1-4H. The minimum Gasteiger partial charge on any atom is -0.423 e. The second-order valence-corrected chi connectivity index (χ2v) is 8.15. The molecule has 1 aromatic rings. The van der Waals surface area contributed by atoms with Crippen LogP contribution < -0.4 is 4.74 Å². The van der Waals surface area contributed by atoms with E-state index in [1.165, 1.54) is 0 Å². The van der Waals surface area contributed by atoms with Crippen LogP contribution in [0.25, 0.3) is 0 Å². The molecule has 15 heavy (non-hydrogen) atoms. The van der Waals surface area contributed by atoms with Crippen LogP contribution in [-0.2, 0) is 4.79 Å². The molecule has 0 amide bonds. The molecule has 6 heteroatoms. The van der Waals surface area contributed by atoms with E-state index in [0.29, 0.717) is 14.4 Å². The third kappa shape index (κ3) is 4.73. The van der Waals surface area contributed by atoms with Crippen LogP contribution in [0.4, 0.5) is 0 Å². The molecule has 0 saturated heterocycles. The molecule has 0 heterocycles. The van der Waals surface area contributed by atoms with Gasteiger partial charge in [-0.3, -0.25) is 0 Å². The van der Waals surface area contributed by atoms with Crippen LogP contribution in [0.15, 0.2) is 29.4 Å². The summed E-state index contributed by atoms with van der Waals surface area (Å²) in [7, 11) is 0. The van der Waals surface area contributed by atoms with E-state index >= 15 is 0 Å². The van der Waals surface area contributed by atoms with Crippen molar-refractivity contribution in [1.82, 2.24) is 0 Å². The van der Waals surface area contributed by atoms with Crippen LogP contribution in [-0.4, -0.2) is 5.97 Å². The summed E-state index contributed by atoms with van der Waals surface area (Å²) in [6, 6.07) is 6.67. The molecule has 2 nitrogen and oxygen atoms in total. The van der Waals surface area contributed by atoms with E-state index in [1.807, 2.05) is 22.6 Å². The first-order valence-electron chi connectivity index (χ1n) is 3.69. The van der Waals surface area contributed by atoms with Gasteiger partial charge in [-0.05, 0) is 92.0 Å². The lowest BCUT2D eigenvalue weighted by atomic mass is 10.3. The van der Waals surface area contributed by atoms with E-state index in [9.17, 15) is 4.79 Å². The molecule has 0 unspecified atom stereocenters. The molecule has 0 atom stereocenters. The van der Waals surface area contributed by atoms with Gasteiger partial charge in [0.25, 0.3) is 0 Å². The van der Waals surface area contributed by atoms with Crippen LogP contribution in [0.5, 0.6) is 5.75 Å². The van der Waals surface area contributed by atoms with Crippen molar-refractivity contribution >= 4 is 85.3 Å². The minimum absolute atomic E-state index is 0.350. The number of carbonyl (C=O) groups is 1. The Morgan fingerprint density at radius 2 is 1.67 bits per heavy atom. The SMILES string of the molecule is O=C(Oc1ccc(Cl)cc1)C(I)=C(I)I. The molecule has 0 aromatic heterocycles. The van der Waals surface area contributed by atoms with E-state index in [0.717, 1.165) is 1.59 Å². The van der Waals surface area contributed by atoms with Crippen molar-refractivity contribution in [1.29, 1.82) is 0 Å². The summed E-state index contributed by atoms with van der Waals surface area (Å²) in [5.41, 5.74) is 0. The number of benzene rings is 1. The summed E-state index contributed by atoms with van der Waals surface area (Å²) in [4.78, 5) is 11.5. The lowest BCUT2D eigenvalue weighted by Gasteiger charge is -2.03. The van der Waals surface area contributed by atoms with Gasteiger partial charge in [0.1, 0.15) is 9.33 Å². The molecule has 0 fully saturated rings. The van der Waals surface area contributed by atoms with Crippen LogP contribution >= 0.6 is 79.4 Å². The first-order chi connectivity index (χ1) is 7.00. The summed E-state index contributed by atoms with van der Waals surface area (Å²) >= 11 is 11.8. The molecular formula is C9H4ClI3O2. The third-order valence-electron chi connectivity index (χ3n) is 1.37. The fourth-order valence-electron chi connectivity index (χ4n) is 0.732. The summed E-state index contributed by atoms with van der Waals surface area (Å²) in [6.45, 7) is 0. The van der Waals surface area contributed by atoms with Gasteiger partial charge in [0.05, 0.1) is 1.59 Å². The molecule has 0 aliphatic rings. The predicted octanol–water partition coefficient (Wildman–Crippen LogP) is 4.72. The Balaban J connectivity index is 2.75. The number of rotatable bonds is 2. The Morgan fingerprint density at radius 3 is 2.13 bits per heavy atom. The van der Waals surface area contributed by atoms with E-state index in [4.69, 9.17) is 16.3 Å². The largest absolute Gasteiger partial charge is 0.423 e. The topological polar surface area (TPSA) is 26.3 Å². The van der Waals surface area contributed by atoms with Crippen molar-refractivity contribution in [3.63, 3.8) is 0 Å². The van der Waals surface area contributed by atoms with Crippen molar-refractivity contribution < 1.29 is 9.53 Å². The number of ether oxygens (including phenoxy) is 1. The fourth-order valence-corrected chi connectivity index (χ4v) is 1.41. The summed E-state index contributed by atoms with van der Waals surface area (Å²) in [5, 5.41) is 0.614. The van der Waals surface area contributed by atoms with Gasteiger partial charge in [-0.2, -0.15) is 0 Å². The van der Waals surface area contributed by atoms with Gasteiger partial charge in [0, 0.05) is 5.02 Å². The molecule has 1 rings (SSSR count). The Bertz CT molecular complexity index is 396. The molecule has 0 aliphatic heterocycles. The quantitative estimate of drug-likeness (QED) is 0.227. The van der Waals surface area contributed by atoms with Gasteiger partial charge >= 0.3 is 5.97 Å². The number of esters is 1. The highest BCUT2D eigenvalue weighted by Gasteiger charge is 2.11. The summed E-state index contributed by atoms with van der Waals surface area (Å²) in [6.07, 6.45) is 0. The number of halogens is 4. The number of hydrogen-bond acceptors (Lipinski definition) is 2. The molecule has 0 aliphatic carbocycles. The van der Waals surface area contributed by atoms with Crippen LogP contribution in [0.1, 0.15) is 0 Å².